The molecule has 0 unspecified atom stereocenters. The monoisotopic (exact) mass is 1090 g/mol. The van der Waals surface area contributed by atoms with Crippen LogP contribution < -0.4 is 19.6 Å². The van der Waals surface area contributed by atoms with E-state index in [1.807, 2.05) is 0 Å². The summed E-state index contributed by atoms with van der Waals surface area (Å²) in [6, 6.07) is 107. The van der Waals surface area contributed by atoms with Crippen molar-refractivity contribution in [2.45, 2.75) is 57.8 Å². The van der Waals surface area contributed by atoms with E-state index in [2.05, 4.69) is 352 Å². The number of hydrogen-bond donors (Lipinski definition) is 0. The fourth-order valence-corrected chi connectivity index (χ4v) is 14.1. The summed E-state index contributed by atoms with van der Waals surface area (Å²) in [5.41, 5.74) is 28.7. The van der Waals surface area contributed by atoms with Gasteiger partial charge in [0.2, 0.25) is 0 Å². The number of hydrogen-bond acceptors (Lipinski definition) is 4. The second-order valence-corrected chi connectivity index (χ2v) is 24.6. The highest BCUT2D eigenvalue weighted by molar-refractivity contribution is 5.90. The third kappa shape index (κ3) is 8.49. The molecule has 0 aromatic heterocycles. The second kappa shape index (κ2) is 20.0. The van der Waals surface area contributed by atoms with Gasteiger partial charge in [0, 0.05) is 50.4 Å². The minimum Gasteiger partial charge on any atom is -0.311 e. The lowest BCUT2D eigenvalue weighted by Crippen LogP contribution is -2.30. The topological polar surface area (TPSA) is 13.0 Å². The van der Waals surface area contributed by atoms with Gasteiger partial charge in [0.1, 0.15) is 0 Å². The fraction of sp³-hybridized carbons (Fsp3) is 0.111. The van der Waals surface area contributed by atoms with E-state index in [4.69, 9.17) is 0 Å². The first-order valence-corrected chi connectivity index (χ1v) is 29.8. The largest absolute Gasteiger partial charge is 0.311 e. The summed E-state index contributed by atoms with van der Waals surface area (Å²) in [6.07, 6.45) is 0. The summed E-state index contributed by atoms with van der Waals surface area (Å²) in [7, 11) is 0. The van der Waals surface area contributed by atoms with Crippen molar-refractivity contribution < 1.29 is 0 Å². The zero-order valence-electron chi connectivity index (χ0n) is 49.0. The lowest BCUT2D eigenvalue weighted by atomic mass is 9.73. The summed E-state index contributed by atoms with van der Waals surface area (Å²) >= 11 is 0. The highest BCUT2D eigenvalue weighted by Gasteiger charge is 2.39. The molecule has 3 heterocycles. The van der Waals surface area contributed by atoms with Gasteiger partial charge in [-0.2, -0.15) is 0 Å². The van der Waals surface area contributed by atoms with E-state index < -0.39 is 0 Å². The highest BCUT2D eigenvalue weighted by Crippen LogP contribution is 2.55. The molecule has 0 bridgehead atoms. The summed E-state index contributed by atoms with van der Waals surface area (Å²) in [5.74, 6) is 0. The van der Waals surface area contributed by atoms with Crippen LogP contribution in [-0.2, 0) is 16.2 Å². The number of benzene rings is 12. The molecule has 0 saturated carbocycles. The molecule has 0 aliphatic carbocycles. The SMILES string of the molecule is CC1(C)c2ccccc2N(c2ccc(-c3ccc(N(c4ccc(-c5ccc(N6c7ccccc7C(C)(C)c7ccccc76)cc5)cc4)c4ccc(-c5ccc(N6c7ccccc7C(C)(C)c7ccccc76)cc5)cc4)cc3)cc2)c2ccccc21. The predicted molar refractivity (Wildman–Crippen MR) is 358 cm³/mol. The molecule has 4 nitrogen and oxygen atoms in total. The van der Waals surface area contributed by atoms with Crippen molar-refractivity contribution in [3.8, 4) is 33.4 Å². The van der Waals surface area contributed by atoms with E-state index in [0.29, 0.717) is 0 Å². The molecule has 15 rings (SSSR count). The van der Waals surface area contributed by atoms with Gasteiger partial charge in [0.25, 0.3) is 0 Å². The Balaban J connectivity index is 0.747. The van der Waals surface area contributed by atoms with Crippen LogP contribution in [0.1, 0.15) is 74.9 Å². The van der Waals surface area contributed by atoms with Crippen LogP contribution in [0.15, 0.2) is 291 Å². The van der Waals surface area contributed by atoms with Crippen molar-refractivity contribution in [1.29, 1.82) is 0 Å². The lowest BCUT2D eigenvalue weighted by molar-refractivity contribution is 0.632. The zero-order valence-corrected chi connectivity index (χ0v) is 49.0. The summed E-state index contributed by atoms with van der Waals surface area (Å²) in [6.45, 7) is 14.0. The average Bonchev–Trinajstić information content (AvgIpc) is 1.26. The van der Waals surface area contributed by atoms with Crippen LogP contribution in [0.4, 0.5) is 68.2 Å². The first kappa shape index (κ1) is 51.7. The average molecular weight is 1100 g/mol. The molecule has 85 heavy (non-hydrogen) atoms. The van der Waals surface area contributed by atoms with Crippen molar-refractivity contribution in [3.63, 3.8) is 0 Å². The molecule has 0 N–H and O–H groups in total. The predicted octanol–water partition coefficient (Wildman–Crippen LogP) is 22.5. The molecular weight excluding hydrogens is 1030 g/mol. The van der Waals surface area contributed by atoms with Gasteiger partial charge in [-0.1, -0.05) is 224 Å². The molecule has 0 saturated heterocycles. The molecule has 3 aliphatic rings. The van der Waals surface area contributed by atoms with Crippen LogP contribution in [-0.4, -0.2) is 0 Å². The maximum Gasteiger partial charge on any atom is 0.0502 e. The molecule has 0 amide bonds. The van der Waals surface area contributed by atoms with E-state index in [-0.39, 0.29) is 16.2 Å². The molecule has 0 spiro atoms. The van der Waals surface area contributed by atoms with E-state index in [9.17, 15) is 0 Å². The molecule has 3 aliphatic heterocycles. The van der Waals surface area contributed by atoms with Gasteiger partial charge in [-0.3, -0.25) is 0 Å². The van der Waals surface area contributed by atoms with E-state index >= 15 is 0 Å². The van der Waals surface area contributed by atoms with Gasteiger partial charge in [-0.25, -0.2) is 0 Å². The summed E-state index contributed by atoms with van der Waals surface area (Å²) in [4.78, 5) is 9.64. The van der Waals surface area contributed by atoms with Crippen molar-refractivity contribution in [1.82, 2.24) is 0 Å². The summed E-state index contributed by atoms with van der Waals surface area (Å²) in [5, 5.41) is 0. The Morgan fingerprint density at radius 3 is 0.553 bits per heavy atom. The van der Waals surface area contributed by atoms with Crippen LogP contribution >= 0.6 is 0 Å². The van der Waals surface area contributed by atoms with Crippen molar-refractivity contribution in [2.24, 2.45) is 0 Å². The van der Waals surface area contributed by atoms with Crippen molar-refractivity contribution in [2.75, 3.05) is 19.6 Å². The Hall–Kier alpha value is -10.2. The van der Waals surface area contributed by atoms with Gasteiger partial charge < -0.3 is 19.6 Å². The van der Waals surface area contributed by atoms with Crippen LogP contribution in [0.25, 0.3) is 33.4 Å². The Labute approximate surface area is 500 Å². The molecule has 410 valence electrons. The first-order chi connectivity index (χ1) is 41.4. The van der Waals surface area contributed by atoms with E-state index in [1.165, 1.54) is 84.2 Å². The Bertz CT molecular complexity index is 3870. The van der Waals surface area contributed by atoms with Gasteiger partial charge in [-0.15, -0.1) is 0 Å². The van der Waals surface area contributed by atoms with Gasteiger partial charge >= 0.3 is 0 Å². The molecule has 0 fully saturated rings. The minimum absolute atomic E-state index is 0.108. The number of para-hydroxylation sites is 6. The van der Waals surface area contributed by atoms with Crippen LogP contribution in [0.5, 0.6) is 0 Å². The number of fused-ring (bicyclic) bond motifs is 6. The third-order valence-electron chi connectivity index (χ3n) is 18.7. The smallest absolute Gasteiger partial charge is 0.0502 e. The molecule has 4 heteroatoms. The lowest BCUT2D eigenvalue weighted by Gasteiger charge is -2.42. The number of nitrogens with zero attached hydrogens (tertiary/aromatic N) is 4. The molecule has 12 aromatic carbocycles. The van der Waals surface area contributed by atoms with Gasteiger partial charge in [0.05, 0.1) is 34.1 Å². The van der Waals surface area contributed by atoms with Gasteiger partial charge in [0.15, 0.2) is 0 Å². The minimum atomic E-state index is -0.108. The quantitative estimate of drug-likeness (QED) is 0.143. The van der Waals surface area contributed by atoms with E-state index in [0.717, 1.165) is 50.8 Å². The zero-order chi connectivity index (χ0) is 57.6. The maximum absolute atomic E-state index is 2.42. The molecular formula is C81H66N4. The Morgan fingerprint density at radius 2 is 0.365 bits per heavy atom. The highest BCUT2D eigenvalue weighted by atomic mass is 15.2. The number of anilines is 12. The summed E-state index contributed by atoms with van der Waals surface area (Å²) < 4.78 is 0. The molecule has 0 radical (unpaired) electrons. The van der Waals surface area contributed by atoms with Crippen LogP contribution in [0.3, 0.4) is 0 Å². The fourth-order valence-electron chi connectivity index (χ4n) is 14.1. The molecule has 12 aromatic rings. The maximum atomic E-state index is 2.42. The first-order valence-electron chi connectivity index (χ1n) is 29.8. The molecule has 0 atom stereocenters. The van der Waals surface area contributed by atoms with E-state index in [1.54, 1.807) is 0 Å². The second-order valence-electron chi connectivity index (χ2n) is 24.6. The van der Waals surface area contributed by atoms with Gasteiger partial charge in [-0.05, 0) is 176 Å². The Kier molecular flexibility index (Phi) is 12.2. The van der Waals surface area contributed by atoms with Crippen LogP contribution in [0.2, 0.25) is 0 Å². The number of rotatable bonds is 9. The standard InChI is InChI=1S/C81H66N4/c1-79(2)67-19-7-13-25-73(67)83(74-26-14-8-20-68(74)79)64-49-37-58(38-50-64)55-31-43-61(44-32-55)82(62-45-33-56(34-46-62)59-39-51-65(52-40-59)84-75-27-15-9-21-69(75)80(3,4)70-22-10-16-28-76(70)84)63-47-35-57(36-48-63)60-41-53-66(54-42-60)85-77-29-17-11-23-71(77)81(5,6)72-24-12-18-30-78(72)85/h7-54H,1-6H3. The third-order valence-corrected chi connectivity index (χ3v) is 18.7. The van der Waals surface area contributed by atoms with Crippen molar-refractivity contribution >= 4 is 68.2 Å². The Morgan fingerprint density at radius 1 is 0.200 bits per heavy atom. The normalized spacial score (nSPS) is 14.7. The van der Waals surface area contributed by atoms with Crippen molar-refractivity contribution in [3.05, 3.63) is 325 Å². The van der Waals surface area contributed by atoms with Crippen LogP contribution in [0, 0.1) is 0 Å².